The molecule has 0 spiro atoms. The Balaban J connectivity index is 5.81. The quantitative estimate of drug-likeness (QED) is 0.0360. The Morgan fingerprint density at radius 3 is 1.57 bits per heavy atom. The highest BCUT2D eigenvalue weighted by molar-refractivity contribution is 5.96. The Labute approximate surface area is 282 Å². The normalized spacial score (nSPS) is 13.9. The Kier molecular flexibility index (Phi) is 22.1. The summed E-state index contributed by atoms with van der Waals surface area (Å²) in [5.41, 5.74) is 0. The number of aliphatic hydroxyl groups excluding tert-OH is 1. The first-order chi connectivity index (χ1) is 23.0. The number of hydrogen-bond donors (Lipinski definition) is 11. The molecule has 0 saturated carbocycles. The minimum absolute atomic E-state index is 0.00731. The van der Waals surface area contributed by atoms with Crippen molar-refractivity contribution < 1.29 is 68.7 Å². The van der Waals surface area contributed by atoms with Gasteiger partial charge in [0.2, 0.25) is 23.6 Å². The highest BCUT2D eigenvalue weighted by Gasteiger charge is 2.32. The van der Waals surface area contributed by atoms with E-state index >= 15 is 0 Å². The maximum absolute atomic E-state index is 13.5. The van der Waals surface area contributed by atoms with Crippen LogP contribution >= 0.6 is 0 Å². The zero-order valence-corrected chi connectivity index (χ0v) is 27.5. The molecule has 5 unspecified atom stereocenters. The smallest absolute Gasteiger partial charge is 0.326 e. The fourth-order valence-electron chi connectivity index (χ4n) is 4.45. The molecule has 0 fully saturated rings. The topological polar surface area (TPSA) is 327 Å². The third-order valence-electron chi connectivity index (χ3n) is 7.01. The highest BCUT2D eigenvalue weighted by atomic mass is 16.4. The average Bonchev–Trinajstić information content (AvgIpc) is 3.02. The van der Waals surface area contributed by atoms with E-state index in [0.29, 0.717) is 25.8 Å². The lowest BCUT2D eigenvalue weighted by molar-refractivity contribution is -0.147. The van der Waals surface area contributed by atoms with Crippen LogP contribution in [0.3, 0.4) is 0 Å². The van der Waals surface area contributed by atoms with E-state index in [9.17, 15) is 48.3 Å². The number of carboxylic acids is 4. The molecule has 0 saturated heterocycles. The molecule has 0 rings (SSSR count). The van der Waals surface area contributed by atoms with Gasteiger partial charge in [0.25, 0.3) is 0 Å². The summed E-state index contributed by atoms with van der Waals surface area (Å²) >= 11 is 0. The van der Waals surface area contributed by atoms with Crippen molar-refractivity contribution in [2.45, 2.75) is 101 Å². The fourth-order valence-corrected chi connectivity index (χ4v) is 4.45. The largest absolute Gasteiger partial charge is 0.481 e. The number of ketones is 1. The van der Waals surface area contributed by atoms with E-state index in [1.165, 1.54) is 6.92 Å². The lowest BCUT2D eigenvalue weighted by Crippen LogP contribution is -2.56. The molecule has 20 heteroatoms. The van der Waals surface area contributed by atoms with Crippen LogP contribution in [-0.4, -0.2) is 136 Å². The van der Waals surface area contributed by atoms with Crippen LogP contribution in [0.15, 0.2) is 0 Å². The molecule has 0 heterocycles. The molecule has 0 aromatic carbocycles. The molecule has 0 aromatic rings. The van der Waals surface area contributed by atoms with Crippen LogP contribution in [-0.2, 0) is 43.2 Å². The molecular weight excluding hydrogens is 656 g/mol. The van der Waals surface area contributed by atoms with Gasteiger partial charge in [-0.3, -0.25) is 43.7 Å². The van der Waals surface area contributed by atoms with Crippen molar-refractivity contribution in [1.29, 1.82) is 0 Å². The molecular formula is C29H48N6O14. The van der Waals surface area contributed by atoms with Crippen LogP contribution in [0.1, 0.15) is 71.1 Å². The summed E-state index contributed by atoms with van der Waals surface area (Å²) in [4.78, 5) is 108. The second-order valence-electron chi connectivity index (χ2n) is 11.1. The molecule has 0 aliphatic carbocycles. The number of aliphatic carboxylic acids is 4. The zero-order valence-electron chi connectivity index (χ0n) is 27.5. The van der Waals surface area contributed by atoms with Crippen molar-refractivity contribution in [2.24, 2.45) is 0 Å². The lowest BCUT2D eigenvalue weighted by atomic mass is 9.98. The third-order valence-corrected chi connectivity index (χ3v) is 7.01. The Hall–Kier alpha value is -4.69. The SMILES string of the molecule is CNCCCCC(NC(=O)C(CCCCNC(=O)CO)NC(=O)CCC(=O)NC(CC(=O)O)C(=O)O)C(=O)C(C)NC(CC(=O)O)C(=O)O. The van der Waals surface area contributed by atoms with Gasteiger partial charge in [-0.25, -0.2) is 4.79 Å². The van der Waals surface area contributed by atoms with E-state index in [-0.39, 0.29) is 25.8 Å². The summed E-state index contributed by atoms with van der Waals surface area (Å²) in [5.74, 6) is -9.77. The molecule has 20 nitrogen and oxygen atoms in total. The van der Waals surface area contributed by atoms with E-state index in [1.807, 2.05) is 5.32 Å². The third kappa shape index (κ3) is 20.3. The number of carboxylic acid groups (broad SMARTS) is 4. The van der Waals surface area contributed by atoms with Gasteiger partial charge < -0.3 is 52.1 Å². The molecule has 0 aliphatic heterocycles. The monoisotopic (exact) mass is 704 g/mol. The Bertz CT molecular complexity index is 1170. The molecule has 0 aliphatic rings. The van der Waals surface area contributed by atoms with Gasteiger partial charge in [0.1, 0.15) is 24.7 Å². The first-order valence-corrected chi connectivity index (χ1v) is 15.6. The van der Waals surface area contributed by atoms with Crippen LogP contribution in [0.4, 0.5) is 0 Å². The Morgan fingerprint density at radius 1 is 0.592 bits per heavy atom. The number of aliphatic hydroxyl groups is 1. The number of unbranched alkanes of at least 4 members (excludes halogenated alkanes) is 2. The van der Waals surface area contributed by atoms with Crippen LogP contribution in [0.5, 0.6) is 0 Å². The van der Waals surface area contributed by atoms with Crippen molar-refractivity contribution in [3.05, 3.63) is 0 Å². The van der Waals surface area contributed by atoms with Crippen LogP contribution in [0.2, 0.25) is 0 Å². The predicted octanol–water partition coefficient (Wildman–Crippen LogP) is -3.08. The van der Waals surface area contributed by atoms with Gasteiger partial charge in [0, 0.05) is 19.4 Å². The number of hydrogen-bond acceptors (Lipinski definition) is 12. The summed E-state index contributed by atoms with van der Waals surface area (Å²) in [5, 5.41) is 60.1. The first kappa shape index (κ1) is 44.3. The molecule has 5 atom stereocenters. The van der Waals surface area contributed by atoms with E-state index in [0.717, 1.165) is 0 Å². The van der Waals surface area contributed by atoms with Gasteiger partial charge in [-0.1, -0.05) is 0 Å². The van der Waals surface area contributed by atoms with E-state index in [2.05, 4.69) is 26.6 Å². The van der Waals surface area contributed by atoms with E-state index in [1.54, 1.807) is 7.05 Å². The van der Waals surface area contributed by atoms with Crippen molar-refractivity contribution in [1.82, 2.24) is 31.9 Å². The number of amides is 4. The zero-order chi connectivity index (χ0) is 37.5. The van der Waals surface area contributed by atoms with Gasteiger partial charge in [-0.2, -0.15) is 0 Å². The van der Waals surface area contributed by atoms with Gasteiger partial charge in [-0.15, -0.1) is 0 Å². The first-order valence-electron chi connectivity index (χ1n) is 15.6. The molecule has 0 bridgehead atoms. The summed E-state index contributed by atoms with van der Waals surface area (Å²) in [6, 6.07) is -6.97. The van der Waals surface area contributed by atoms with E-state index in [4.69, 9.17) is 20.4 Å². The molecule has 49 heavy (non-hydrogen) atoms. The maximum atomic E-state index is 13.5. The van der Waals surface area contributed by atoms with Crippen LogP contribution < -0.4 is 31.9 Å². The molecule has 278 valence electrons. The van der Waals surface area contributed by atoms with Crippen LogP contribution in [0, 0.1) is 0 Å². The van der Waals surface area contributed by atoms with Crippen molar-refractivity contribution in [2.75, 3.05) is 26.7 Å². The highest BCUT2D eigenvalue weighted by Crippen LogP contribution is 2.09. The number of Topliss-reactive ketones (excluding diaryl/α,β-unsaturated/α-hetero) is 1. The number of carbonyl (C=O) groups excluding carboxylic acids is 5. The number of nitrogens with one attached hydrogen (secondary N) is 6. The minimum atomic E-state index is -1.73. The average molecular weight is 705 g/mol. The van der Waals surface area contributed by atoms with Crippen LogP contribution in [0.25, 0.3) is 0 Å². The molecule has 0 aromatic heterocycles. The van der Waals surface area contributed by atoms with Crippen molar-refractivity contribution in [3.63, 3.8) is 0 Å². The molecule has 4 amide bonds. The van der Waals surface area contributed by atoms with Gasteiger partial charge in [0.05, 0.1) is 24.9 Å². The van der Waals surface area contributed by atoms with Crippen molar-refractivity contribution >= 4 is 53.3 Å². The van der Waals surface area contributed by atoms with Gasteiger partial charge in [0.15, 0.2) is 5.78 Å². The van der Waals surface area contributed by atoms with Gasteiger partial charge in [-0.05, 0) is 59.0 Å². The fraction of sp³-hybridized carbons (Fsp3) is 0.690. The second-order valence-corrected chi connectivity index (χ2v) is 11.1. The maximum Gasteiger partial charge on any atom is 0.326 e. The predicted molar refractivity (Wildman–Crippen MR) is 168 cm³/mol. The van der Waals surface area contributed by atoms with Gasteiger partial charge >= 0.3 is 23.9 Å². The van der Waals surface area contributed by atoms with Crippen molar-refractivity contribution in [3.8, 4) is 0 Å². The second kappa shape index (κ2) is 24.5. The minimum Gasteiger partial charge on any atom is -0.481 e. The summed E-state index contributed by atoms with van der Waals surface area (Å²) in [6.07, 6.45) is -1.04. The van der Waals surface area contributed by atoms with E-state index < -0.39 is 116 Å². The summed E-state index contributed by atoms with van der Waals surface area (Å²) < 4.78 is 0. The number of rotatable bonds is 28. The molecule has 0 radical (unpaired) electrons. The lowest BCUT2D eigenvalue weighted by Gasteiger charge is -2.26. The Morgan fingerprint density at radius 2 is 1.08 bits per heavy atom. The number of carbonyl (C=O) groups is 9. The standard InChI is InChI=1S/C29H48N6O14/c1-16(32-19(28(46)47)13-24(40)41)26(44)17(7-3-5-11-30-2)35-27(45)18(8-4-6-12-31-23(39)15-36)33-21(37)9-10-22(38)34-20(29(48)49)14-25(42)43/h16-20,30,32,36H,3-15H2,1-2H3,(H,31,39)(H,33,37)(H,34,38)(H,35,45)(H,40,41)(H,42,43)(H,46,47)(H,48,49). The molecule has 11 N–H and O–H groups in total. The summed E-state index contributed by atoms with van der Waals surface area (Å²) in [7, 11) is 1.72. The summed E-state index contributed by atoms with van der Waals surface area (Å²) in [6.45, 7) is 1.33.